The topological polar surface area (TPSA) is 76.1 Å². The molecule has 30 heavy (non-hydrogen) atoms. The molecule has 7 heteroatoms. The van der Waals surface area contributed by atoms with Crippen LogP contribution in [0.3, 0.4) is 0 Å². The molecule has 5 rings (SSSR count). The van der Waals surface area contributed by atoms with Gasteiger partial charge in [0.25, 0.3) is 5.56 Å². The quantitative estimate of drug-likeness (QED) is 0.694. The SMILES string of the molecule is COc1cccc2c1CC[C@H]1C(CCn3c(=O)[nH]c4ccc(F)cc4c3=O)NC[C@@H]21. The molecule has 2 heterocycles. The Bertz CT molecular complexity index is 1230. The van der Waals surface area contributed by atoms with Gasteiger partial charge in [0, 0.05) is 25.0 Å². The van der Waals surface area contributed by atoms with Crippen LogP contribution in [0.2, 0.25) is 0 Å². The van der Waals surface area contributed by atoms with Crippen molar-refractivity contribution in [3.05, 3.63) is 74.2 Å². The van der Waals surface area contributed by atoms with Gasteiger partial charge in [-0.1, -0.05) is 12.1 Å². The number of halogens is 1. The Morgan fingerprint density at radius 2 is 2.10 bits per heavy atom. The molecular weight excluding hydrogens is 385 g/mol. The van der Waals surface area contributed by atoms with Crippen molar-refractivity contribution in [2.45, 2.75) is 37.8 Å². The van der Waals surface area contributed by atoms with Crippen LogP contribution in [0, 0.1) is 11.7 Å². The Balaban J connectivity index is 1.38. The minimum absolute atomic E-state index is 0.200. The van der Waals surface area contributed by atoms with Crippen molar-refractivity contribution in [3.63, 3.8) is 0 Å². The fraction of sp³-hybridized carbons (Fsp3) is 0.391. The molecule has 0 bridgehead atoms. The highest BCUT2D eigenvalue weighted by Gasteiger charge is 2.40. The Labute approximate surface area is 172 Å². The van der Waals surface area contributed by atoms with E-state index < -0.39 is 17.1 Å². The second-order valence-electron chi connectivity index (χ2n) is 8.22. The number of nitrogens with one attached hydrogen (secondary N) is 2. The number of aromatic amines is 1. The van der Waals surface area contributed by atoms with Gasteiger partial charge in [0.1, 0.15) is 11.6 Å². The third-order valence-electron chi connectivity index (χ3n) is 6.76. The van der Waals surface area contributed by atoms with Gasteiger partial charge in [-0.15, -0.1) is 0 Å². The summed E-state index contributed by atoms with van der Waals surface area (Å²) in [5, 5.41) is 3.80. The summed E-state index contributed by atoms with van der Waals surface area (Å²) in [5.41, 5.74) is 2.11. The van der Waals surface area contributed by atoms with Gasteiger partial charge in [-0.2, -0.15) is 0 Å². The molecule has 3 aromatic rings. The number of fused-ring (bicyclic) bond motifs is 4. The first-order chi connectivity index (χ1) is 14.6. The molecule has 3 atom stereocenters. The number of ether oxygens (including phenoxy) is 1. The lowest BCUT2D eigenvalue weighted by atomic mass is 9.74. The smallest absolute Gasteiger partial charge is 0.328 e. The molecule has 1 aliphatic carbocycles. The zero-order valence-electron chi connectivity index (χ0n) is 16.8. The average Bonchev–Trinajstić information content (AvgIpc) is 3.17. The van der Waals surface area contributed by atoms with E-state index in [1.807, 2.05) is 12.1 Å². The maximum atomic E-state index is 13.6. The zero-order valence-corrected chi connectivity index (χ0v) is 16.8. The molecule has 1 aliphatic heterocycles. The van der Waals surface area contributed by atoms with Crippen LogP contribution in [0.15, 0.2) is 46.0 Å². The summed E-state index contributed by atoms with van der Waals surface area (Å²) in [6.07, 6.45) is 2.68. The monoisotopic (exact) mass is 409 g/mol. The van der Waals surface area contributed by atoms with Crippen LogP contribution in [-0.2, 0) is 13.0 Å². The van der Waals surface area contributed by atoms with Gasteiger partial charge in [0.05, 0.1) is 18.0 Å². The number of hydrogen-bond acceptors (Lipinski definition) is 4. The molecule has 1 aromatic heterocycles. The standard InChI is InChI=1S/C23H24FN3O3/c1-30-21-4-2-3-14-16(21)7-6-15-18(14)12-25-19(15)9-10-27-22(28)17-11-13(24)5-8-20(17)26-23(27)29/h2-5,8,11,15,18-19,25H,6-7,9-10,12H2,1H3,(H,26,29)/t15-,18+,19?/m1/s1. The van der Waals surface area contributed by atoms with E-state index in [0.717, 1.165) is 25.1 Å². The van der Waals surface area contributed by atoms with Gasteiger partial charge in [0.2, 0.25) is 0 Å². The second kappa shape index (κ2) is 7.40. The minimum atomic E-state index is -0.491. The van der Waals surface area contributed by atoms with Gasteiger partial charge < -0.3 is 15.0 Å². The average molecular weight is 409 g/mol. The maximum absolute atomic E-state index is 13.6. The second-order valence-corrected chi connectivity index (χ2v) is 8.22. The summed E-state index contributed by atoms with van der Waals surface area (Å²) in [6, 6.07) is 10.3. The first kappa shape index (κ1) is 19.1. The summed E-state index contributed by atoms with van der Waals surface area (Å²) < 4.78 is 20.3. The summed E-state index contributed by atoms with van der Waals surface area (Å²) in [7, 11) is 1.71. The number of nitrogens with zero attached hydrogens (tertiary/aromatic N) is 1. The van der Waals surface area contributed by atoms with Gasteiger partial charge in [-0.25, -0.2) is 9.18 Å². The molecule has 1 fully saturated rings. The van der Waals surface area contributed by atoms with Gasteiger partial charge in [-0.05, 0) is 60.6 Å². The summed E-state index contributed by atoms with van der Waals surface area (Å²) in [5.74, 6) is 1.33. The highest BCUT2D eigenvalue weighted by Crippen LogP contribution is 2.44. The van der Waals surface area contributed by atoms with E-state index in [-0.39, 0.29) is 11.4 Å². The number of benzene rings is 2. The largest absolute Gasteiger partial charge is 0.496 e. The normalized spacial score (nSPS) is 22.7. The molecule has 156 valence electrons. The van der Waals surface area contributed by atoms with E-state index in [1.54, 1.807) is 7.11 Å². The van der Waals surface area contributed by atoms with Crippen molar-refractivity contribution in [2.24, 2.45) is 5.92 Å². The number of hydrogen-bond donors (Lipinski definition) is 2. The van der Waals surface area contributed by atoms with Crippen molar-refractivity contribution in [1.29, 1.82) is 0 Å². The van der Waals surface area contributed by atoms with Crippen LogP contribution in [0.1, 0.15) is 29.9 Å². The predicted molar refractivity (Wildman–Crippen MR) is 113 cm³/mol. The van der Waals surface area contributed by atoms with Crippen molar-refractivity contribution in [2.75, 3.05) is 13.7 Å². The molecule has 2 aliphatic rings. The van der Waals surface area contributed by atoms with Crippen molar-refractivity contribution >= 4 is 10.9 Å². The van der Waals surface area contributed by atoms with E-state index in [0.29, 0.717) is 30.3 Å². The van der Waals surface area contributed by atoms with Crippen molar-refractivity contribution in [3.8, 4) is 5.75 Å². The molecule has 1 unspecified atom stereocenters. The predicted octanol–water partition coefficient (Wildman–Crippen LogP) is 2.55. The Hall–Kier alpha value is -2.93. The molecule has 1 saturated heterocycles. The van der Waals surface area contributed by atoms with Crippen LogP contribution in [0.25, 0.3) is 10.9 Å². The third kappa shape index (κ3) is 3.04. The minimum Gasteiger partial charge on any atom is -0.496 e. The highest BCUT2D eigenvalue weighted by atomic mass is 19.1. The molecule has 2 N–H and O–H groups in total. The molecule has 0 saturated carbocycles. The van der Waals surface area contributed by atoms with Crippen LogP contribution in [-0.4, -0.2) is 29.2 Å². The van der Waals surface area contributed by atoms with Gasteiger partial charge in [-0.3, -0.25) is 9.36 Å². The summed E-state index contributed by atoms with van der Waals surface area (Å²) >= 11 is 0. The lowest BCUT2D eigenvalue weighted by Crippen LogP contribution is -2.38. The van der Waals surface area contributed by atoms with Crippen LogP contribution < -0.4 is 21.3 Å². The summed E-state index contributed by atoms with van der Waals surface area (Å²) in [6.45, 7) is 1.18. The summed E-state index contributed by atoms with van der Waals surface area (Å²) in [4.78, 5) is 27.9. The lowest BCUT2D eigenvalue weighted by Gasteiger charge is -2.31. The molecule has 2 aromatic carbocycles. The van der Waals surface area contributed by atoms with E-state index in [9.17, 15) is 14.0 Å². The van der Waals surface area contributed by atoms with E-state index >= 15 is 0 Å². The molecular formula is C23H24FN3O3. The fourth-order valence-electron chi connectivity index (χ4n) is 5.31. The maximum Gasteiger partial charge on any atom is 0.328 e. The Morgan fingerprint density at radius 3 is 2.93 bits per heavy atom. The number of rotatable bonds is 4. The zero-order chi connectivity index (χ0) is 20.8. The Kier molecular flexibility index (Phi) is 4.70. The number of aromatic nitrogens is 2. The number of methoxy groups -OCH3 is 1. The van der Waals surface area contributed by atoms with Gasteiger partial charge in [0.15, 0.2) is 0 Å². The van der Waals surface area contributed by atoms with E-state index in [4.69, 9.17) is 4.74 Å². The third-order valence-corrected chi connectivity index (χ3v) is 6.76. The van der Waals surface area contributed by atoms with Gasteiger partial charge >= 0.3 is 5.69 Å². The number of H-pyrrole nitrogens is 1. The molecule has 0 amide bonds. The fourth-order valence-corrected chi connectivity index (χ4v) is 5.31. The van der Waals surface area contributed by atoms with Crippen molar-refractivity contribution < 1.29 is 9.13 Å². The molecule has 6 nitrogen and oxygen atoms in total. The van der Waals surface area contributed by atoms with Crippen LogP contribution >= 0.6 is 0 Å². The first-order valence-corrected chi connectivity index (χ1v) is 10.4. The Morgan fingerprint density at radius 1 is 1.23 bits per heavy atom. The van der Waals surface area contributed by atoms with Crippen LogP contribution in [0.5, 0.6) is 5.75 Å². The first-order valence-electron chi connectivity index (χ1n) is 10.4. The van der Waals surface area contributed by atoms with E-state index in [1.165, 1.54) is 33.9 Å². The lowest BCUT2D eigenvalue weighted by molar-refractivity contribution is 0.337. The van der Waals surface area contributed by atoms with Crippen LogP contribution in [0.4, 0.5) is 4.39 Å². The highest BCUT2D eigenvalue weighted by molar-refractivity contribution is 5.77. The van der Waals surface area contributed by atoms with Crippen molar-refractivity contribution in [1.82, 2.24) is 14.9 Å². The molecule has 0 spiro atoms. The van der Waals surface area contributed by atoms with E-state index in [2.05, 4.69) is 16.4 Å². The molecule has 0 radical (unpaired) electrons.